The van der Waals surface area contributed by atoms with Crippen LogP contribution < -0.4 is 5.32 Å². The van der Waals surface area contributed by atoms with Gasteiger partial charge in [-0.3, -0.25) is 0 Å². The van der Waals surface area contributed by atoms with Gasteiger partial charge in [-0.2, -0.15) is 13.2 Å². The van der Waals surface area contributed by atoms with Crippen molar-refractivity contribution < 1.29 is 13.2 Å². The van der Waals surface area contributed by atoms with Crippen molar-refractivity contribution in [3.63, 3.8) is 0 Å². The van der Waals surface area contributed by atoms with Crippen molar-refractivity contribution in [3.8, 4) is 0 Å². The highest BCUT2D eigenvalue weighted by Crippen LogP contribution is 2.53. The molecule has 0 saturated heterocycles. The summed E-state index contributed by atoms with van der Waals surface area (Å²) in [5.41, 5.74) is -2.36. The van der Waals surface area contributed by atoms with E-state index in [-0.39, 0.29) is 6.42 Å². The van der Waals surface area contributed by atoms with Crippen molar-refractivity contribution in [2.75, 3.05) is 6.54 Å². The van der Waals surface area contributed by atoms with Crippen LogP contribution in [0, 0.1) is 5.41 Å². The Hall–Kier alpha value is -0.250. The zero-order valence-electron chi connectivity index (χ0n) is 9.67. The van der Waals surface area contributed by atoms with Gasteiger partial charge in [0.2, 0.25) is 0 Å². The second-order valence-electron chi connectivity index (χ2n) is 5.07. The van der Waals surface area contributed by atoms with Crippen molar-refractivity contribution in [1.82, 2.24) is 5.32 Å². The maximum absolute atomic E-state index is 13.2. The van der Waals surface area contributed by atoms with E-state index in [4.69, 9.17) is 0 Å². The summed E-state index contributed by atoms with van der Waals surface area (Å²) in [5, 5.41) is 2.75. The molecule has 0 bridgehead atoms. The van der Waals surface area contributed by atoms with E-state index in [9.17, 15) is 13.2 Å². The molecule has 0 radical (unpaired) electrons. The maximum Gasteiger partial charge on any atom is 0.407 e. The number of alkyl halides is 3. The van der Waals surface area contributed by atoms with Crippen LogP contribution in [0.15, 0.2) is 0 Å². The Labute approximate surface area is 89.4 Å². The lowest BCUT2D eigenvalue weighted by Gasteiger charge is -2.43. The molecule has 1 nitrogen and oxygen atoms in total. The van der Waals surface area contributed by atoms with Gasteiger partial charge < -0.3 is 5.32 Å². The van der Waals surface area contributed by atoms with Crippen LogP contribution in [0.5, 0.6) is 0 Å². The fourth-order valence-corrected chi connectivity index (χ4v) is 2.64. The van der Waals surface area contributed by atoms with E-state index in [1.54, 1.807) is 13.8 Å². The van der Waals surface area contributed by atoms with Crippen LogP contribution in [0.1, 0.15) is 46.5 Å². The summed E-state index contributed by atoms with van der Waals surface area (Å²) in [6.45, 7) is 5.76. The van der Waals surface area contributed by atoms with Crippen LogP contribution in [0.4, 0.5) is 13.2 Å². The topological polar surface area (TPSA) is 12.0 Å². The molecule has 0 heterocycles. The smallest absolute Gasteiger partial charge is 0.303 e. The first-order valence-electron chi connectivity index (χ1n) is 5.58. The number of nitrogens with one attached hydrogen (secondary N) is 1. The molecule has 0 aromatic carbocycles. The predicted octanol–water partition coefficient (Wildman–Crippen LogP) is 3.50. The summed E-state index contributed by atoms with van der Waals surface area (Å²) in [6.07, 6.45) is -1.91. The molecule has 0 amide bonds. The summed E-state index contributed by atoms with van der Waals surface area (Å²) in [5.74, 6) is 0. The third kappa shape index (κ3) is 2.01. The molecule has 1 rings (SSSR count). The fourth-order valence-electron chi connectivity index (χ4n) is 2.64. The first-order chi connectivity index (χ1) is 6.77. The highest BCUT2D eigenvalue weighted by molar-refractivity contribution is 5.09. The molecule has 0 aromatic rings. The van der Waals surface area contributed by atoms with Gasteiger partial charge in [0.1, 0.15) is 5.54 Å². The molecule has 0 aliphatic heterocycles. The largest absolute Gasteiger partial charge is 0.407 e. The molecule has 0 spiro atoms. The first-order valence-corrected chi connectivity index (χ1v) is 5.58. The zero-order valence-corrected chi connectivity index (χ0v) is 9.67. The lowest BCUT2D eigenvalue weighted by Crippen LogP contribution is -2.62. The van der Waals surface area contributed by atoms with Crippen LogP contribution in [-0.4, -0.2) is 18.3 Å². The summed E-state index contributed by atoms with van der Waals surface area (Å²) in [4.78, 5) is 0. The quantitative estimate of drug-likeness (QED) is 0.772. The van der Waals surface area contributed by atoms with Crippen LogP contribution in [0.25, 0.3) is 0 Å². The first kappa shape index (κ1) is 12.8. The highest BCUT2D eigenvalue weighted by atomic mass is 19.4. The van der Waals surface area contributed by atoms with E-state index < -0.39 is 17.1 Å². The molecular formula is C11H20F3N. The molecule has 15 heavy (non-hydrogen) atoms. The standard InChI is InChI=1S/C11H20F3N/c1-4-8-15-10(11(12,13)14)7-5-6-9(10,2)3/h15H,4-8H2,1-3H3. The molecule has 0 aromatic heterocycles. The fraction of sp³-hybridized carbons (Fsp3) is 1.00. The summed E-state index contributed by atoms with van der Waals surface area (Å²) in [6, 6.07) is 0. The lowest BCUT2D eigenvalue weighted by atomic mass is 9.74. The molecule has 4 heteroatoms. The highest BCUT2D eigenvalue weighted by Gasteiger charge is 2.64. The Morgan fingerprint density at radius 2 is 1.80 bits per heavy atom. The molecular weight excluding hydrogens is 203 g/mol. The van der Waals surface area contributed by atoms with Crippen LogP contribution in [-0.2, 0) is 0 Å². The van der Waals surface area contributed by atoms with Crippen molar-refractivity contribution in [2.24, 2.45) is 5.41 Å². The Morgan fingerprint density at radius 1 is 1.20 bits per heavy atom. The van der Waals surface area contributed by atoms with Crippen molar-refractivity contribution in [3.05, 3.63) is 0 Å². The van der Waals surface area contributed by atoms with E-state index in [1.165, 1.54) is 0 Å². The molecule has 1 aliphatic carbocycles. The molecule has 1 fully saturated rings. The predicted molar refractivity (Wildman–Crippen MR) is 54.7 cm³/mol. The molecule has 1 unspecified atom stereocenters. The minimum atomic E-state index is -4.15. The Morgan fingerprint density at radius 3 is 2.13 bits per heavy atom. The molecule has 1 N–H and O–H groups in total. The molecule has 1 aliphatic rings. The SMILES string of the molecule is CCCNC1(C(F)(F)F)CCCC1(C)C. The lowest BCUT2D eigenvalue weighted by molar-refractivity contribution is -0.220. The van der Waals surface area contributed by atoms with Crippen LogP contribution in [0.2, 0.25) is 0 Å². The van der Waals surface area contributed by atoms with Gasteiger partial charge in [-0.15, -0.1) is 0 Å². The second-order valence-corrected chi connectivity index (χ2v) is 5.07. The average Bonchev–Trinajstić information content (AvgIpc) is 2.37. The Kier molecular flexibility index (Phi) is 3.39. The van der Waals surface area contributed by atoms with E-state index in [1.807, 2.05) is 6.92 Å². The van der Waals surface area contributed by atoms with Gasteiger partial charge in [0.25, 0.3) is 0 Å². The van der Waals surface area contributed by atoms with Gasteiger partial charge in [-0.1, -0.05) is 27.2 Å². The van der Waals surface area contributed by atoms with E-state index in [2.05, 4.69) is 5.32 Å². The van der Waals surface area contributed by atoms with E-state index >= 15 is 0 Å². The minimum Gasteiger partial charge on any atom is -0.303 e. The maximum atomic E-state index is 13.2. The van der Waals surface area contributed by atoms with E-state index in [0.717, 1.165) is 6.42 Å². The minimum absolute atomic E-state index is 0.212. The van der Waals surface area contributed by atoms with Gasteiger partial charge >= 0.3 is 6.18 Å². The zero-order chi connectivity index (χ0) is 11.7. The van der Waals surface area contributed by atoms with Crippen molar-refractivity contribution in [1.29, 1.82) is 0 Å². The summed E-state index contributed by atoms with van der Waals surface area (Å²) < 4.78 is 39.5. The van der Waals surface area contributed by atoms with Gasteiger partial charge in [0, 0.05) is 0 Å². The normalized spacial score (nSPS) is 30.8. The number of hydrogen-bond donors (Lipinski definition) is 1. The molecule has 1 saturated carbocycles. The van der Waals surface area contributed by atoms with Crippen LogP contribution in [0.3, 0.4) is 0 Å². The van der Waals surface area contributed by atoms with Gasteiger partial charge in [-0.05, 0) is 31.2 Å². The molecule has 1 atom stereocenters. The van der Waals surface area contributed by atoms with Gasteiger partial charge in [-0.25, -0.2) is 0 Å². The number of halogens is 3. The third-order valence-electron chi connectivity index (χ3n) is 3.67. The third-order valence-corrected chi connectivity index (χ3v) is 3.67. The van der Waals surface area contributed by atoms with Crippen LogP contribution >= 0.6 is 0 Å². The van der Waals surface area contributed by atoms with Gasteiger partial charge in [0.05, 0.1) is 0 Å². The number of hydrogen-bond acceptors (Lipinski definition) is 1. The van der Waals surface area contributed by atoms with Crippen molar-refractivity contribution >= 4 is 0 Å². The monoisotopic (exact) mass is 223 g/mol. The Balaban J connectivity index is 2.96. The average molecular weight is 223 g/mol. The summed E-state index contributed by atoms with van der Waals surface area (Å²) in [7, 11) is 0. The van der Waals surface area contributed by atoms with Gasteiger partial charge in [0.15, 0.2) is 0 Å². The number of rotatable bonds is 3. The van der Waals surface area contributed by atoms with E-state index in [0.29, 0.717) is 19.4 Å². The van der Waals surface area contributed by atoms with Crippen molar-refractivity contribution in [2.45, 2.75) is 58.2 Å². The molecule has 90 valence electrons. The summed E-state index contributed by atoms with van der Waals surface area (Å²) >= 11 is 0. The Bertz CT molecular complexity index is 222. The second kappa shape index (κ2) is 3.96.